The Bertz CT molecular complexity index is 243. The van der Waals surface area contributed by atoms with Crippen molar-refractivity contribution in [1.82, 2.24) is 4.90 Å². The molecule has 4 heteroatoms. The van der Waals surface area contributed by atoms with Crippen LogP contribution in [0.2, 0.25) is 0 Å². The molecule has 0 radical (unpaired) electrons. The Morgan fingerprint density at radius 2 is 1.91 bits per heavy atom. The molecule has 0 spiro atoms. The third kappa shape index (κ3) is 1.56. The van der Waals surface area contributed by atoms with Crippen molar-refractivity contribution >= 4 is 9.84 Å². The second-order valence-electron chi connectivity index (χ2n) is 3.82. The molecule has 1 aliphatic rings. The average molecular weight is 177 g/mol. The van der Waals surface area contributed by atoms with E-state index < -0.39 is 14.6 Å². The van der Waals surface area contributed by atoms with Gasteiger partial charge in [-0.15, -0.1) is 0 Å². The Morgan fingerprint density at radius 3 is 2.27 bits per heavy atom. The van der Waals surface area contributed by atoms with Gasteiger partial charge in [-0.25, -0.2) is 8.42 Å². The maximum absolute atomic E-state index is 11.4. The summed E-state index contributed by atoms with van der Waals surface area (Å²) in [4.78, 5) is 2.06. The van der Waals surface area contributed by atoms with Crippen LogP contribution in [0.1, 0.15) is 13.8 Å². The molecule has 0 unspecified atom stereocenters. The Labute approximate surface area is 68.3 Å². The van der Waals surface area contributed by atoms with Gasteiger partial charge in [0.15, 0.2) is 9.84 Å². The third-order valence-electron chi connectivity index (χ3n) is 2.23. The van der Waals surface area contributed by atoms with Gasteiger partial charge in [-0.2, -0.15) is 0 Å². The van der Waals surface area contributed by atoms with Gasteiger partial charge < -0.3 is 4.90 Å². The second kappa shape index (κ2) is 2.45. The minimum atomic E-state index is -2.84. The van der Waals surface area contributed by atoms with Crippen molar-refractivity contribution in [3.8, 4) is 0 Å². The standard InChI is InChI=1S/C7H15NO2S/c1-7(2)6-8(3)4-5-11(7,9)10/h4-6H2,1-3H3. The molecule has 1 aliphatic heterocycles. The molecular formula is C7H15NO2S. The van der Waals surface area contributed by atoms with E-state index in [4.69, 9.17) is 0 Å². The molecule has 0 amide bonds. The molecule has 1 rings (SSSR count). The predicted molar refractivity (Wildman–Crippen MR) is 45.4 cm³/mol. The molecule has 1 heterocycles. The Kier molecular flexibility index (Phi) is 2.01. The van der Waals surface area contributed by atoms with Crippen LogP contribution in [-0.4, -0.2) is 44.0 Å². The largest absolute Gasteiger partial charge is 0.304 e. The molecule has 66 valence electrons. The van der Waals surface area contributed by atoms with Crippen molar-refractivity contribution in [2.75, 3.05) is 25.9 Å². The predicted octanol–water partition coefficient (Wildman–Crippen LogP) is 0.125. The van der Waals surface area contributed by atoms with Gasteiger partial charge in [-0.3, -0.25) is 0 Å². The van der Waals surface area contributed by atoms with Crippen LogP contribution < -0.4 is 0 Å². The minimum absolute atomic E-state index is 0.302. The summed E-state index contributed by atoms with van der Waals surface area (Å²) in [7, 11) is -0.881. The summed E-state index contributed by atoms with van der Waals surface area (Å²) < 4.78 is 22.3. The number of nitrogens with zero attached hydrogens (tertiary/aromatic N) is 1. The maximum Gasteiger partial charge on any atom is 0.157 e. The van der Waals surface area contributed by atoms with Crippen LogP contribution in [0.4, 0.5) is 0 Å². The van der Waals surface area contributed by atoms with Crippen LogP contribution in [0.3, 0.4) is 0 Å². The van der Waals surface area contributed by atoms with Crippen molar-refractivity contribution in [3.05, 3.63) is 0 Å². The molecule has 0 aromatic rings. The summed E-state index contributed by atoms with van der Waals surface area (Å²) in [6, 6.07) is 0. The molecule has 0 aliphatic carbocycles. The van der Waals surface area contributed by atoms with Gasteiger partial charge in [-0.05, 0) is 20.9 Å². The summed E-state index contributed by atoms with van der Waals surface area (Å²) in [5.41, 5.74) is 0. The summed E-state index contributed by atoms with van der Waals surface area (Å²) in [6.07, 6.45) is 0. The van der Waals surface area contributed by atoms with E-state index in [1.165, 1.54) is 0 Å². The van der Waals surface area contributed by atoms with Gasteiger partial charge >= 0.3 is 0 Å². The van der Waals surface area contributed by atoms with Crippen LogP contribution in [0.25, 0.3) is 0 Å². The average Bonchev–Trinajstić information content (AvgIpc) is 1.80. The van der Waals surface area contributed by atoms with Crippen LogP contribution in [0.15, 0.2) is 0 Å². The zero-order chi connectivity index (χ0) is 8.70. The third-order valence-corrected chi connectivity index (χ3v) is 4.77. The molecule has 1 saturated heterocycles. The van der Waals surface area contributed by atoms with Gasteiger partial charge in [0.1, 0.15) is 0 Å². The molecule has 3 nitrogen and oxygen atoms in total. The molecular weight excluding hydrogens is 162 g/mol. The fourth-order valence-corrected chi connectivity index (χ4v) is 2.90. The lowest BCUT2D eigenvalue weighted by Gasteiger charge is -2.35. The summed E-state index contributed by atoms with van der Waals surface area (Å²) >= 11 is 0. The van der Waals surface area contributed by atoms with Crippen LogP contribution in [0.5, 0.6) is 0 Å². The van der Waals surface area contributed by atoms with E-state index in [2.05, 4.69) is 4.90 Å². The first-order chi connectivity index (χ1) is 4.85. The van der Waals surface area contributed by atoms with E-state index in [0.717, 1.165) is 0 Å². The van der Waals surface area contributed by atoms with Crippen LogP contribution in [-0.2, 0) is 9.84 Å². The molecule has 0 bridgehead atoms. The maximum atomic E-state index is 11.4. The molecule has 0 atom stereocenters. The second-order valence-corrected chi connectivity index (χ2v) is 6.56. The lowest BCUT2D eigenvalue weighted by atomic mass is 10.2. The topological polar surface area (TPSA) is 37.4 Å². The lowest BCUT2D eigenvalue weighted by Crippen LogP contribution is -2.51. The normalized spacial score (nSPS) is 30.1. The highest BCUT2D eigenvalue weighted by Gasteiger charge is 2.38. The van der Waals surface area contributed by atoms with Crippen molar-refractivity contribution in [2.45, 2.75) is 18.6 Å². The van der Waals surface area contributed by atoms with Crippen molar-refractivity contribution in [1.29, 1.82) is 0 Å². The fraction of sp³-hybridized carbons (Fsp3) is 1.00. The number of hydrogen-bond acceptors (Lipinski definition) is 3. The monoisotopic (exact) mass is 177 g/mol. The van der Waals surface area contributed by atoms with Gasteiger partial charge in [0.05, 0.1) is 10.5 Å². The zero-order valence-corrected chi connectivity index (χ0v) is 8.11. The molecule has 0 N–H and O–H groups in total. The van der Waals surface area contributed by atoms with E-state index in [9.17, 15) is 8.42 Å². The first kappa shape index (κ1) is 9.00. The number of sulfone groups is 1. The van der Waals surface area contributed by atoms with Gasteiger partial charge in [0, 0.05) is 13.1 Å². The lowest BCUT2D eigenvalue weighted by molar-refractivity contribution is 0.300. The van der Waals surface area contributed by atoms with E-state index in [-0.39, 0.29) is 0 Å². The first-order valence-corrected chi connectivity index (χ1v) is 5.41. The fourth-order valence-electron chi connectivity index (χ4n) is 1.38. The van der Waals surface area contributed by atoms with E-state index in [1.807, 2.05) is 7.05 Å². The van der Waals surface area contributed by atoms with E-state index >= 15 is 0 Å². The van der Waals surface area contributed by atoms with Crippen LogP contribution in [0, 0.1) is 0 Å². The number of hydrogen-bond donors (Lipinski definition) is 0. The highest BCUT2D eigenvalue weighted by molar-refractivity contribution is 7.92. The van der Waals surface area contributed by atoms with E-state index in [0.29, 0.717) is 18.8 Å². The Morgan fingerprint density at radius 1 is 1.36 bits per heavy atom. The van der Waals surface area contributed by atoms with Crippen molar-refractivity contribution < 1.29 is 8.42 Å². The van der Waals surface area contributed by atoms with Gasteiger partial charge in [0.2, 0.25) is 0 Å². The van der Waals surface area contributed by atoms with Crippen molar-refractivity contribution in [2.24, 2.45) is 0 Å². The first-order valence-electron chi connectivity index (χ1n) is 3.76. The SMILES string of the molecule is CN1CCS(=O)(=O)C(C)(C)C1. The smallest absolute Gasteiger partial charge is 0.157 e. The molecule has 11 heavy (non-hydrogen) atoms. The summed E-state index contributed by atoms with van der Waals surface area (Å²) in [6.45, 7) is 4.90. The van der Waals surface area contributed by atoms with Gasteiger partial charge in [-0.1, -0.05) is 0 Å². The minimum Gasteiger partial charge on any atom is -0.304 e. The molecule has 1 fully saturated rings. The highest BCUT2D eigenvalue weighted by atomic mass is 32.2. The Hall–Kier alpha value is -0.0900. The summed E-state index contributed by atoms with van der Waals surface area (Å²) in [5, 5.41) is 0. The molecule has 0 aromatic heterocycles. The summed E-state index contributed by atoms with van der Waals surface area (Å²) in [5.74, 6) is 0.302. The quantitative estimate of drug-likeness (QED) is 0.527. The van der Waals surface area contributed by atoms with Crippen LogP contribution >= 0.6 is 0 Å². The molecule has 0 aromatic carbocycles. The highest BCUT2D eigenvalue weighted by Crippen LogP contribution is 2.22. The molecule has 0 saturated carbocycles. The van der Waals surface area contributed by atoms with E-state index in [1.54, 1.807) is 13.8 Å². The Balaban J connectivity index is 2.90. The van der Waals surface area contributed by atoms with Gasteiger partial charge in [0.25, 0.3) is 0 Å². The van der Waals surface area contributed by atoms with Crippen molar-refractivity contribution in [3.63, 3.8) is 0 Å². The number of rotatable bonds is 0. The zero-order valence-electron chi connectivity index (χ0n) is 7.29.